The Kier molecular flexibility index (Phi) is 6.37. The van der Waals surface area contributed by atoms with Crippen LogP contribution in [0.4, 0.5) is 4.39 Å². The van der Waals surface area contributed by atoms with Crippen molar-refractivity contribution in [3.63, 3.8) is 0 Å². The summed E-state index contributed by atoms with van der Waals surface area (Å²) >= 11 is 3.15. The lowest BCUT2D eigenvalue weighted by atomic mass is 10.1. The number of fused-ring (bicyclic) bond motifs is 1. The first-order valence-corrected chi connectivity index (χ1v) is 13.2. The average molecular weight is 510 g/mol. The number of nitrogens with one attached hydrogen (secondary N) is 1. The number of amides is 2. The first kappa shape index (κ1) is 23.6. The van der Waals surface area contributed by atoms with Gasteiger partial charge in [0, 0.05) is 17.7 Å². The lowest BCUT2D eigenvalue weighted by molar-refractivity contribution is 0.0732. The number of thioether (sulfide) groups is 1. The van der Waals surface area contributed by atoms with Gasteiger partial charge in [-0.2, -0.15) is 0 Å². The summed E-state index contributed by atoms with van der Waals surface area (Å²) in [4.78, 5) is 33.7. The van der Waals surface area contributed by atoms with Gasteiger partial charge in [0.15, 0.2) is 11.4 Å². The van der Waals surface area contributed by atoms with E-state index in [1.54, 1.807) is 29.7 Å². The maximum Gasteiger partial charge on any atom is 0.275 e. The van der Waals surface area contributed by atoms with Crippen LogP contribution in [0.15, 0.2) is 46.9 Å². The molecule has 0 unspecified atom stereocenters. The highest BCUT2D eigenvalue weighted by Crippen LogP contribution is 2.33. The van der Waals surface area contributed by atoms with E-state index in [0.717, 1.165) is 21.0 Å². The molecule has 1 aliphatic rings. The van der Waals surface area contributed by atoms with Crippen LogP contribution in [0.2, 0.25) is 0 Å². The quantitative estimate of drug-likeness (QED) is 0.381. The van der Waals surface area contributed by atoms with Gasteiger partial charge in [0.05, 0.1) is 27.4 Å². The van der Waals surface area contributed by atoms with Gasteiger partial charge < -0.3 is 14.6 Å². The van der Waals surface area contributed by atoms with Crippen LogP contribution in [0.3, 0.4) is 0 Å². The Hall–Kier alpha value is -3.17. The predicted octanol–water partition coefficient (Wildman–Crippen LogP) is 5.57. The van der Waals surface area contributed by atoms with Crippen molar-refractivity contribution in [2.24, 2.45) is 0 Å². The van der Waals surface area contributed by atoms with E-state index in [2.05, 4.69) is 16.4 Å². The minimum Gasteiger partial charge on any atom is -0.458 e. The molecule has 1 fully saturated rings. The molecule has 35 heavy (non-hydrogen) atoms. The zero-order chi connectivity index (χ0) is 24.7. The van der Waals surface area contributed by atoms with Gasteiger partial charge >= 0.3 is 0 Å². The van der Waals surface area contributed by atoms with Crippen LogP contribution in [0.5, 0.6) is 0 Å². The molecule has 0 aliphatic carbocycles. The summed E-state index contributed by atoms with van der Waals surface area (Å²) in [7, 11) is 0. The average Bonchev–Trinajstić information content (AvgIpc) is 3.55. The first-order chi connectivity index (χ1) is 16.8. The number of carbonyl (C=O) groups is 2. The maximum absolute atomic E-state index is 14.1. The molecule has 1 saturated heterocycles. The summed E-state index contributed by atoms with van der Waals surface area (Å²) in [6.45, 7) is 5.92. The van der Waals surface area contributed by atoms with Gasteiger partial charge in [-0.15, -0.1) is 23.1 Å². The van der Waals surface area contributed by atoms with Gasteiger partial charge in [0.1, 0.15) is 11.5 Å². The molecule has 1 aliphatic heterocycles. The zero-order valence-electron chi connectivity index (χ0n) is 19.6. The predicted molar refractivity (Wildman–Crippen MR) is 138 cm³/mol. The minimum absolute atomic E-state index is 0.0750. The van der Waals surface area contributed by atoms with E-state index in [0.29, 0.717) is 34.0 Å². The van der Waals surface area contributed by atoms with Crippen molar-refractivity contribution in [1.82, 2.24) is 15.2 Å². The number of nitrogens with zero attached hydrogens (tertiary/aromatic N) is 2. The molecule has 5 rings (SSSR count). The molecule has 1 atom stereocenters. The van der Waals surface area contributed by atoms with Crippen LogP contribution in [0, 0.1) is 26.6 Å². The number of furan rings is 1. The largest absolute Gasteiger partial charge is 0.458 e. The molecule has 1 N–H and O–H groups in total. The SMILES string of the molecule is Cc1cccc(-c2sc(C)nc2C(=O)N2CSC[C@H]2CNC(=O)c2ccc(F)c3oc(C)cc23)c1. The number of aromatic nitrogens is 1. The fourth-order valence-electron chi connectivity index (χ4n) is 4.28. The van der Waals surface area contributed by atoms with E-state index in [1.165, 1.54) is 23.5 Å². The third-order valence-electron chi connectivity index (χ3n) is 5.96. The van der Waals surface area contributed by atoms with Crippen LogP contribution in [-0.4, -0.2) is 45.9 Å². The highest BCUT2D eigenvalue weighted by Gasteiger charge is 2.33. The van der Waals surface area contributed by atoms with Crippen LogP contribution in [0.1, 0.15) is 37.2 Å². The fourth-order valence-corrected chi connectivity index (χ4v) is 6.39. The summed E-state index contributed by atoms with van der Waals surface area (Å²) in [5.41, 5.74) is 2.97. The molecule has 4 aromatic rings. The van der Waals surface area contributed by atoms with Crippen molar-refractivity contribution in [1.29, 1.82) is 0 Å². The third-order valence-corrected chi connectivity index (χ3v) is 8.06. The molecule has 9 heteroatoms. The number of hydrogen-bond acceptors (Lipinski definition) is 6. The normalized spacial score (nSPS) is 15.7. The second-order valence-corrected chi connectivity index (χ2v) is 10.8. The van der Waals surface area contributed by atoms with Crippen molar-refractivity contribution >= 4 is 45.9 Å². The molecule has 0 saturated carbocycles. The Labute approximate surface area is 210 Å². The topological polar surface area (TPSA) is 75.4 Å². The lowest BCUT2D eigenvalue weighted by Gasteiger charge is -2.24. The van der Waals surface area contributed by atoms with E-state index >= 15 is 0 Å². The molecule has 3 heterocycles. The smallest absolute Gasteiger partial charge is 0.275 e. The van der Waals surface area contributed by atoms with Gasteiger partial charge in [-0.25, -0.2) is 9.37 Å². The van der Waals surface area contributed by atoms with Crippen LogP contribution in [0.25, 0.3) is 21.4 Å². The number of thiazole rings is 1. The lowest BCUT2D eigenvalue weighted by Crippen LogP contribution is -2.44. The summed E-state index contributed by atoms with van der Waals surface area (Å²) in [6, 6.07) is 12.2. The van der Waals surface area contributed by atoms with Gasteiger partial charge in [-0.05, 0) is 44.5 Å². The van der Waals surface area contributed by atoms with E-state index in [9.17, 15) is 14.0 Å². The monoisotopic (exact) mass is 509 g/mol. The molecular formula is C26H24FN3O3S2. The minimum atomic E-state index is -0.503. The van der Waals surface area contributed by atoms with Crippen molar-refractivity contribution in [2.45, 2.75) is 26.8 Å². The van der Waals surface area contributed by atoms with Crippen LogP contribution in [-0.2, 0) is 0 Å². The van der Waals surface area contributed by atoms with Crippen LogP contribution < -0.4 is 5.32 Å². The van der Waals surface area contributed by atoms with Gasteiger partial charge in [-0.3, -0.25) is 9.59 Å². The summed E-state index contributed by atoms with van der Waals surface area (Å²) < 4.78 is 19.5. The van der Waals surface area contributed by atoms with Crippen molar-refractivity contribution in [2.75, 3.05) is 18.2 Å². The Morgan fingerprint density at radius 1 is 1.20 bits per heavy atom. The summed E-state index contributed by atoms with van der Waals surface area (Å²) in [5, 5.41) is 4.20. The number of hydrogen-bond donors (Lipinski definition) is 1. The number of benzene rings is 2. The second kappa shape index (κ2) is 9.47. The number of carbonyl (C=O) groups excluding carboxylic acids is 2. The molecule has 2 aromatic heterocycles. The Balaban J connectivity index is 1.34. The van der Waals surface area contributed by atoms with E-state index in [-0.39, 0.29) is 30.0 Å². The fraction of sp³-hybridized carbons (Fsp3) is 0.269. The Morgan fingerprint density at radius 2 is 2.03 bits per heavy atom. The van der Waals surface area contributed by atoms with E-state index in [1.807, 2.05) is 32.0 Å². The first-order valence-electron chi connectivity index (χ1n) is 11.2. The van der Waals surface area contributed by atoms with Gasteiger partial charge in [0.25, 0.3) is 11.8 Å². The zero-order valence-corrected chi connectivity index (χ0v) is 21.2. The van der Waals surface area contributed by atoms with Gasteiger partial charge in [-0.1, -0.05) is 29.8 Å². The highest BCUT2D eigenvalue weighted by molar-refractivity contribution is 7.99. The molecule has 0 spiro atoms. The Morgan fingerprint density at radius 3 is 2.83 bits per heavy atom. The van der Waals surface area contributed by atoms with Gasteiger partial charge in [0.2, 0.25) is 0 Å². The maximum atomic E-state index is 14.1. The third kappa shape index (κ3) is 4.58. The van der Waals surface area contributed by atoms with Crippen LogP contribution >= 0.6 is 23.1 Å². The number of halogens is 1. The van der Waals surface area contributed by atoms with E-state index < -0.39 is 5.82 Å². The number of rotatable bonds is 5. The van der Waals surface area contributed by atoms with Crippen molar-refractivity contribution in [3.8, 4) is 10.4 Å². The van der Waals surface area contributed by atoms with Crippen molar-refractivity contribution in [3.05, 3.63) is 75.9 Å². The highest BCUT2D eigenvalue weighted by atomic mass is 32.2. The molecule has 0 radical (unpaired) electrons. The molecule has 180 valence electrons. The molecule has 0 bridgehead atoms. The van der Waals surface area contributed by atoms with Crippen molar-refractivity contribution < 1.29 is 18.4 Å². The summed E-state index contributed by atoms with van der Waals surface area (Å²) in [6.07, 6.45) is 0. The number of aryl methyl sites for hydroxylation is 3. The standard InChI is InChI=1S/C26H24FN3O3S2/c1-14-5-4-6-17(9-14)24-22(29-16(3)35-24)26(32)30-13-34-12-18(30)11-28-25(31)19-7-8-21(27)23-20(19)10-15(2)33-23/h4-10,18H,11-13H2,1-3H3,(H,28,31)/t18-/m1/s1. The molecular weight excluding hydrogens is 485 g/mol. The second-order valence-electron chi connectivity index (χ2n) is 8.61. The molecule has 2 amide bonds. The van der Waals surface area contributed by atoms with E-state index in [4.69, 9.17) is 4.42 Å². The Bertz CT molecular complexity index is 1450. The molecule has 6 nitrogen and oxygen atoms in total. The molecule has 2 aromatic carbocycles. The summed E-state index contributed by atoms with van der Waals surface area (Å²) in [5.74, 6) is 0.807.